The maximum Gasteiger partial charge on any atom is 0.0716 e. The molecule has 0 N–H and O–H groups in total. The quantitative estimate of drug-likeness (QED) is 0.576. The molecule has 0 heterocycles. The lowest BCUT2D eigenvalue weighted by Gasteiger charge is -2.08. The Morgan fingerprint density at radius 3 is 1.89 bits per heavy atom. The first-order valence-corrected chi connectivity index (χ1v) is 7.45. The van der Waals surface area contributed by atoms with Gasteiger partial charge in [-0.1, -0.05) is 51.5 Å². The second-order valence-electron chi connectivity index (χ2n) is 5.46. The fourth-order valence-corrected chi connectivity index (χ4v) is 1.68. The zero-order valence-corrected chi connectivity index (χ0v) is 12.7. The van der Waals surface area contributed by atoms with Crippen molar-refractivity contribution in [3.63, 3.8) is 0 Å². The van der Waals surface area contributed by atoms with Crippen molar-refractivity contribution in [2.75, 3.05) is 13.2 Å². The first kappa shape index (κ1) is 16.2. The Kier molecular flexibility index (Phi) is 8.52. The van der Waals surface area contributed by atoms with Crippen LogP contribution in [0.2, 0.25) is 0 Å². The van der Waals surface area contributed by atoms with Crippen molar-refractivity contribution in [1.82, 2.24) is 0 Å². The van der Waals surface area contributed by atoms with E-state index < -0.39 is 0 Å². The van der Waals surface area contributed by atoms with E-state index in [2.05, 4.69) is 45.0 Å². The largest absolute Gasteiger partial charge is 0.377 e. The number of unbranched alkanes of at least 4 members (excludes halogenated alkanes) is 1. The van der Waals surface area contributed by atoms with Crippen LogP contribution < -0.4 is 0 Å². The van der Waals surface area contributed by atoms with Crippen LogP contribution >= 0.6 is 0 Å². The summed E-state index contributed by atoms with van der Waals surface area (Å²) in [5.41, 5.74) is 2.48. The summed E-state index contributed by atoms with van der Waals surface area (Å²) in [4.78, 5) is 0. The van der Waals surface area contributed by atoms with Crippen molar-refractivity contribution in [2.24, 2.45) is 5.92 Å². The van der Waals surface area contributed by atoms with Crippen molar-refractivity contribution in [3.05, 3.63) is 35.4 Å². The third-order valence-corrected chi connectivity index (χ3v) is 3.04. The SMILES string of the molecule is CCCCOCc1ccc(COCCC(C)C)cc1. The molecule has 0 aliphatic heterocycles. The Morgan fingerprint density at radius 2 is 1.42 bits per heavy atom. The lowest BCUT2D eigenvalue weighted by atomic mass is 10.1. The van der Waals surface area contributed by atoms with E-state index >= 15 is 0 Å². The van der Waals surface area contributed by atoms with E-state index in [1.807, 2.05) is 0 Å². The number of rotatable bonds is 10. The molecule has 0 unspecified atom stereocenters. The molecule has 0 spiro atoms. The molecule has 2 nitrogen and oxygen atoms in total. The number of hydrogen-bond donors (Lipinski definition) is 0. The van der Waals surface area contributed by atoms with Gasteiger partial charge >= 0.3 is 0 Å². The van der Waals surface area contributed by atoms with Gasteiger partial charge in [0.25, 0.3) is 0 Å². The molecule has 1 aromatic rings. The normalized spacial score (nSPS) is 11.2. The molecule has 2 heteroatoms. The average Bonchev–Trinajstić information content (AvgIpc) is 2.41. The van der Waals surface area contributed by atoms with Crippen LogP contribution in [0.5, 0.6) is 0 Å². The molecule has 0 radical (unpaired) electrons. The number of ether oxygens (including phenoxy) is 2. The van der Waals surface area contributed by atoms with Crippen molar-refractivity contribution >= 4 is 0 Å². The molecule has 1 aromatic carbocycles. The van der Waals surface area contributed by atoms with E-state index in [0.29, 0.717) is 19.1 Å². The highest BCUT2D eigenvalue weighted by molar-refractivity contribution is 5.21. The highest BCUT2D eigenvalue weighted by atomic mass is 16.5. The van der Waals surface area contributed by atoms with Crippen LogP contribution in [0, 0.1) is 5.92 Å². The maximum absolute atomic E-state index is 5.65. The smallest absolute Gasteiger partial charge is 0.0716 e. The van der Waals surface area contributed by atoms with Crippen LogP contribution in [0.15, 0.2) is 24.3 Å². The molecule has 1 rings (SSSR count). The summed E-state index contributed by atoms with van der Waals surface area (Å²) in [5, 5.41) is 0. The first-order valence-electron chi connectivity index (χ1n) is 7.45. The van der Waals surface area contributed by atoms with Crippen molar-refractivity contribution < 1.29 is 9.47 Å². The van der Waals surface area contributed by atoms with Gasteiger partial charge in [-0.2, -0.15) is 0 Å². The molecule has 0 aromatic heterocycles. The summed E-state index contributed by atoms with van der Waals surface area (Å²) in [6.45, 7) is 9.75. The molecule has 108 valence electrons. The zero-order chi connectivity index (χ0) is 13.9. The summed E-state index contributed by atoms with van der Waals surface area (Å²) in [5.74, 6) is 0.711. The average molecular weight is 264 g/mol. The first-order chi connectivity index (χ1) is 9.22. The minimum Gasteiger partial charge on any atom is -0.377 e. The van der Waals surface area contributed by atoms with E-state index in [9.17, 15) is 0 Å². The van der Waals surface area contributed by atoms with Gasteiger partial charge in [-0.15, -0.1) is 0 Å². The fourth-order valence-electron chi connectivity index (χ4n) is 1.68. The van der Waals surface area contributed by atoms with Crippen LogP contribution in [0.3, 0.4) is 0 Å². The van der Waals surface area contributed by atoms with Crippen molar-refractivity contribution in [2.45, 2.75) is 53.2 Å². The third-order valence-electron chi connectivity index (χ3n) is 3.04. The van der Waals surface area contributed by atoms with Gasteiger partial charge in [-0.25, -0.2) is 0 Å². The Bertz CT molecular complexity index is 317. The second kappa shape index (κ2) is 9.99. The predicted octanol–water partition coefficient (Wildman–Crippen LogP) is 4.57. The van der Waals surface area contributed by atoms with E-state index in [1.54, 1.807) is 0 Å². The van der Waals surface area contributed by atoms with E-state index in [0.717, 1.165) is 26.1 Å². The number of benzene rings is 1. The highest BCUT2D eigenvalue weighted by Gasteiger charge is 1.97. The Labute approximate surface area is 118 Å². The van der Waals surface area contributed by atoms with Gasteiger partial charge in [0.15, 0.2) is 0 Å². The van der Waals surface area contributed by atoms with Crippen molar-refractivity contribution in [1.29, 1.82) is 0 Å². The number of hydrogen-bond acceptors (Lipinski definition) is 2. The molecule has 0 atom stereocenters. The van der Waals surface area contributed by atoms with Crippen LogP contribution in [0.25, 0.3) is 0 Å². The molecule has 0 bridgehead atoms. The van der Waals surface area contributed by atoms with Gasteiger partial charge in [-0.05, 0) is 29.9 Å². The minimum atomic E-state index is 0.711. The van der Waals surface area contributed by atoms with Gasteiger partial charge in [0.05, 0.1) is 13.2 Å². The Balaban J connectivity index is 2.19. The predicted molar refractivity (Wildman–Crippen MR) is 80.1 cm³/mol. The van der Waals surface area contributed by atoms with Crippen LogP contribution in [0.4, 0.5) is 0 Å². The van der Waals surface area contributed by atoms with Crippen molar-refractivity contribution in [3.8, 4) is 0 Å². The molecule has 0 aliphatic carbocycles. The summed E-state index contributed by atoms with van der Waals surface area (Å²) >= 11 is 0. The molecule has 0 aliphatic rings. The summed E-state index contributed by atoms with van der Waals surface area (Å²) in [6.07, 6.45) is 3.46. The monoisotopic (exact) mass is 264 g/mol. The maximum atomic E-state index is 5.65. The van der Waals surface area contributed by atoms with E-state index in [1.165, 1.54) is 17.5 Å². The van der Waals surface area contributed by atoms with Gasteiger partial charge in [0, 0.05) is 13.2 Å². The van der Waals surface area contributed by atoms with Crippen LogP contribution in [-0.2, 0) is 22.7 Å². The molecule has 0 amide bonds. The second-order valence-corrected chi connectivity index (χ2v) is 5.46. The Morgan fingerprint density at radius 1 is 0.895 bits per heavy atom. The van der Waals surface area contributed by atoms with Gasteiger partial charge < -0.3 is 9.47 Å². The molecular formula is C17H28O2. The third kappa shape index (κ3) is 8.02. The van der Waals surface area contributed by atoms with Gasteiger partial charge in [0.2, 0.25) is 0 Å². The fraction of sp³-hybridized carbons (Fsp3) is 0.647. The zero-order valence-electron chi connectivity index (χ0n) is 12.7. The van der Waals surface area contributed by atoms with E-state index in [4.69, 9.17) is 9.47 Å². The molecule has 19 heavy (non-hydrogen) atoms. The lowest BCUT2D eigenvalue weighted by molar-refractivity contribution is 0.110. The standard InChI is InChI=1S/C17H28O2/c1-4-5-11-18-13-16-6-8-17(9-7-16)14-19-12-10-15(2)3/h6-9,15H,4-5,10-14H2,1-3H3. The topological polar surface area (TPSA) is 18.5 Å². The molecule has 0 fully saturated rings. The summed E-state index contributed by atoms with van der Waals surface area (Å²) in [7, 11) is 0. The highest BCUT2D eigenvalue weighted by Crippen LogP contribution is 2.08. The van der Waals surface area contributed by atoms with Gasteiger partial charge in [-0.3, -0.25) is 0 Å². The summed E-state index contributed by atoms with van der Waals surface area (Å²) in [6, 6.07) is 8.53. The summed E-state index contributed by atoms with van der Waals surface area (Å²) < 4.78 is 11.2. The molecule has 0 saturated carbocycles. The Hall–Kier alpha value is -0.860. The van der Waals surface area contributed by atoms with E-state index in [-0.39, 0.29) is 0 Å². The minimum absolute atomic E-state index is 0.711. The lowest BCUT2D eigenvalue weighted by Crippen LogP contribution is -2.00. The van der Waals surface area contributed by atoms with Crippen LogP contribution in [0.1, 0.15) is 51.2 Å². The van der Waals surface area contributed by atoms with Crippen LogP contribution in [-0.4, -0.2) is 13.2 Å². The molecular weight excluding hydrogens is 236 g/mol. The molecule has 0 saturated heterocycles. The van der Waals surface area contributed by atoms with Gasteiger partial charge in [0.1, 0.15) is 0 Å².